The Labute approximate surface area is 167 Å². The van der Waals surface area contributed by atoms with E-state index in [1.54, 1.807) is 23.5 Å². The van der Waals surface area contributed by atoms with Gasteiger partial charge >= 0.3 is 0 Å². The summed E-state index contributed by atoms with van der Waals surface area (Å²) in [6, 6.07) is 10.3. The number of aromatic nitrogens is 2. The number of thiophene rings is 2. The van der Waals surface area contributed by atoms with Gasteiger partial charge < -0.3 is 5.32 Å². The van der Waals surface area contributed by atoms with Crippen LogP contribution in [0.3, 0.4) is 0 Å². The van der Waals surface area contributed by atoms with Gasteiger partial charge in [-0.15, -0.1) is 22.7 Å². The van der Waals surface area contributed by atoms with Crippen molar-refractivity contribution >= 4 is 50.6 Å². The van der Waals surface area contributed by atoms with Crippen molar-refractivity contribution in [3.63, 3.8) is 0 Å². The van der Waals surface area contributed by atoms with Gasteiger partial charge in [-0.1, -0.05) is 30.0 Å². The van der Waals surface area contributed by atoms with Crippen LogP contribution in [0.5, 0.6) is 0 Å². The summed E-state index contributed by atoms with van der Waals surface area (Å²) in [5, 5.41) is 8.56. The molecular weight excluding hydrogens is 401 g/mol. The maximum atomic E-state index is 13.2. The summed E-state index contributed by atoms with van der Waals surface area (Å²) in [6.45, 7) is 0.537. The van der Waals surface area contributed by atoms with E-state index in [2.05, 4.69) is 15.3 Å². The van der Waals surface area contributed by atoms with Crippen LogP contribution in [-0.4, -0.2) is 21.6 Å². The van der Waals surface area contributed by atoms with Crippen molar-refractivity contribution in [1.29, 1.82) is 0 Å². The van der Waals surface area contributed by atoms with Gasteiger partial charge in [0.2, 0.25) is 5.91 Å². The highest BCUT2D eigenvalue weighted by atomic mass is 32.2. The second-order valence-electron chi connectivity index (χ2n) is 5.66. The van der Waals surface area contributed by atoms with E-state index in [0.717, 1.165) is 31.2 Å². The molecule has 0 aliphatic heterocycles. The number of amides is 1. The summed E-state index contributed by atoms with van der Waals surface area (Å²) >= 11 is 4.51. The molecule has 3 aromatic heterocycles. The number of halogens is 1. The van der Waals surface area contributed by atoms with E-state index in [4.69, 9.17) is 0 Å². The third-order valence-corrected chi connectivity index (χ3v) is 6.62. The quantitative estimate of drug-likeness (QED) is 0.357. The Morgan fingerprint density at radius 3 is 2.78 bits per heavy atom. The van der Waals surface area contributed by atoms with Gasteiger partial charge in [-0.2, -0.15) is 0 Å². The second kappa shape index (κ2) is 8.16. The molecule has 0 saturated heterocycles. The first kappa shape index (κ1) is 18.1. The second-order valence-corrected chi connectivity index (χ2v) is 8.51. The van der Waals surface area contributed by atoms with Gasteiger partial charge in [-0.25, -0.2) is 14.4 Å². The minimum Gasteiger partial charge on any atom is -0.350 e. The van der Waals surface area contributed by atoms with Crippen LogP contribution in [-0.2, 0) is 11.3 Å². The first-order chi connectivity index (χ1) is 13.2. The molecular formula is C19H14FN3OS3. The van der Waals surface area contributed by atoms with Gasteiger partial charge in [-0.3, -0.25) is 4.79 Å². The molecule has 4 rings (SSSR count). The number of hydrogen-bond donors (Lipinski definition) is 1. The number of benzene rings is 1. The number of nitrogens with one attached hydrogen (secondary N) is 1. The predicted molar refractivity (Wildman–Crippen MR) is 110 cm³/mol. The number of rotatable bonds is 6. The molecule has 0 aliphatic carbocycles. The van der Waals surface area contributed by atoms with Crippen molar-refractivity contribution in [2.24, 2.45) is 0 Å². The van der Waals surface area contributed by atoms with Crippen molar-refractivity contribution < 1.29 is 9.18 Å². The molecule has 136 valence electrons. The van der Waals surface area contributed by atoms with E-state index in [-0.39, 0.29) is 17.5 Å². The Kier molecular flexibility index (Phi) is 5.47. The zero-order valence-corrected chi connectivity index (χ0v) is 16.5. The molecule has 1 N–H and O–H groups in total. The highest BCUT2D eigenvalue weighted by Gasteiger charge is 2.15. The highest BCUT2D eigenvalue weighted by molar-refractivity contribution is 8.00. The standard InChI is InChI=1S/C19H14FN3OS3/c20-13-5-3-12(4-6-13)15-9-26-18-17(15)19(23-11-22-18)27-10-16(24)21-8-14-2-1-7-25-14/h1-7,9,11H,8,10H2,(H,21,24). The zero-order valence-electron chi connectivity index (χ0n) is 14.0. The molecule has 0 unspecified atom stereocenters. The van der Waals surface area contributed by atoms with Gasteiger partial charge in [0, 0.05) is 15.8 Å². The van der Waals surface area contributed by atoms with Gasteiger partial charge in [0.15, 0.2) is 0 Å². The number of nitrogens with zero attached hydrogens (tertiary/aromatic N) is 2. The summed E-state index contributed by atoms with van der Waals surface area (Å²) in [6.07, 6.45) is 1.51. The summed E-state index contributed by atoms with van der Waals surface area (Å²) in [7, 11) is 0. The van der Waals surface area contributed by atoms with Gasteiger partial charge in [-0.05, 0) is 29.1 Å². The molecule has 3 heterocycles. The average molecular weight is 416 g/mol. The Bertz CT molecular complexity index is 1060. The third-order valence-electron chi connectivity index (χ3n) is 3.87. The first-order valence-corrected chi connectivity index (χ1v) is 10.9. The molecule has 4 nitrogen and oxygen atoms in total. The van der Waals surface area contributed by atoms with Crippen molar-refractivity contribution in [2.45, 2.75) is 11.6 Å². The summed E-state index contributed by atoms with van der Waals surface area (Å²) in [5.41, 5.74) is 1.86. The number of carbonyl (C=O) groups excluding carboxylic acids is 1. The number of fused-ring (bicyclic) bond motifs is 1. The van der Waals surface area contributed by atoms with E-state index >= 15 is 0 Å². The predicted octanol–water partition coefficient (Wildman–Crippen LogP) is 4.97. The smallest absolute Gasteiger partial charge is 0.230 e. The lowest BCUT2D eigenvalue weighted by Crippen LogP contribution is -2.24. The summed E-state index contributed by atoms with van der Waals surface area (Å²) in [5.74, 6) is -0.0406. The number of hydrogen-bond acceptors (Lipinski definition) is 6. The van der Waals surface area contributed by atoms with Crippen molar-refractivity contribution in [1.82, 2.24) is 15.3 Å². The van der Waals surface area contributed by atoms with E-state index in [1.165, 1.54) is 41.6 Å². The summed E-state index contributed by atoms with van der Waals surface area (Å²) < 4.78 is 13.2. The molecule has 0 fully saturated rings. The topological polar surface area (TPSA) is 54.9 Å². The van der Waals surface area contributed by atoms with E-state index in [1.807, 2.05) is 22.9 Å². The molecule has 4 aromatic rings. The monoisotopic (exact) mass is 415 g/mol. The summed E-state index contributed by atoms with van der Waals surface area (Å²) in [4.78, 5) is 22.8. The van der Waals surface area contributed by atoms with Crippen LogP contribution in [0.15, 0.2) is 58.5 Å². The molecule has 27 heavy (non-hydrogen) atoms. The molecule has 0 radical (unpaired) electrons. The largest absolute Gasteiger partial charge is 0.350 e. The van der Waals surface area contributed by atoms with Gasteiger partial charge in [0.1, 0.15) is 22.0 Å². The Morgan fingerprint density at radius 2 is 2.00 bits per heavy atom. The fourth-order valence-corrected chi connectivity index (χ4v) is 5.05. The molecule has 0 bridgehead atoms. The van der Waals surface area contributed by atoms with Crippen molar-refractivity contribution in [3.05, 3.63) is 64.2 Å². The number of thioether (sulfide) groups is 1. The molecule has 1 amide bonds. The molecule has 0 atom stereocenters. The zero-order chi connectivity index (χ0) is 18.6. The number of carbonyl (C=O) groups is 1. The van der Waals surface area contributed by atoms with Crippen LogP contribution >= 0.6 is 34.4 Å². The van der Waals surface area contributed by atoms with Crippen LogP contribution in [0, 0.1) is 5.82 Å². The molecule has 8 heteroatoms. The van der Waals surface area contributed by atoms with Crippen molar-refractivity contribution in [2.75, 3.05) is 5.75 Å². The van der Waals surface area contributed by atoms with Crippen LogP contribution in [0.25, 0.3) is 21.3 Å². The van der Waals surface area contributed by atoms with E-state index in [0.29, 0.717) is 6.54 Å². The highest BCUT2D eigenvalue weighted by Crippen LogP contribution is 2.37. The first-order valence-electron chi connectivity index (χ1n) is 8.11. The fourth-order valence-electron chi connectivity index (χ4n) is 2.58. The van der Waals surface area contributed by atoms with E-state index < -0.39 is 0 Å². The molecule has 1 aromatic carbocycles. The molecule has 0 aliphatic rings. The maximum absolute atomic E-state index is 13.2. The Balaban J connectivity index is 1.52. The molecule has 0 spiro atoms. The average Bonchev–Trinajstić information content (AvgIpc) is 3.35. The van der Waals surface area contributed by atoms with Gasteiger partial charge in [0.25, 0.3) is 0 Å². The maximum Gasteiger partial charge on any atom is 0.230 e. The third kappa shape index (κ3) is 4.18. The van der Waals surface area contributed by atoms with Crippen LogP contribution in [0.1, 0.15) is 4.88 Å². The van der Waals surface area contributed by atoms with E-state index in [9.17, 15) is 9.18 Å². The van der Waals surface area contributed by atoms with Crippen LogP contribution in [0.2, 0.25) is 0 Å². The Hall–Kier alpha value is -2.29. The van der Waals surface area contributed by atoms with Crippen molar-refractivity contribution in [3.8, 4) is 11.1 Å². The van der Waals surface area contributed by atoms with Crippen LogP contribution in [0.4, 0.5) is 4.39 Å². The molecule has 0 saturated carbocycles. The lowest BCUT2D eigenvalue weighted by molar-refractivity contribution is -0.118. The Morgan fingerprint density at radius 1 is 1.15 bits per heavy atom. The minimum atomic E-state index is -0.272. The van der Waals surface area contributed by atoms with Crippen LogP contribution < -0.4 is 5.32 Å². The lowest BCUT2D eigenvalue weighted by atomic mass is 10.1. The minimum absolute atomic E-state index is 0.0428. The normalized spacial score (nSPS) is 11.0. The SMILES string of the molecule is O=C(CSc1ncnc2scc(-c3ccc(F)cc3)c12)NCc1cccs1. The fraction of sp³-hybridized carbons (Fsp3) is 0.105. The van der Waals surface area contributed by atoms with Gasteiger partial charge in [0.05, 0.1) is 17.7 Å². The lowest BCUT2D eigenvalue weighted by Gasteiger charge is -2.06.